The molecule has 0 bridgehead atoms. The highest BCUT2D eigenvalue weighted by Gasteiger charge is 2.34. The molecule has 2 heterocycles. The Balaban J connectivity index is 1.42. The highest BCUT2D eigenvalue weighted by Crippen LogP contribution is 2.35. The summed E-state index contributed by atoms with van der Waals surface area (Å²) in [5.74, 6) is 0.0245. The summed E-state index contributed by atoms with van der Waals surface area (Å²) in [5.41, 5.74) is 2.27. The molecule has 1 aromatic heterocycles. The van der Waals surface area contributed by atoms with Crippen molar-refractivity contribution in [2.45, 2.75) is 19.6 Å². The molecule has 3 amide bonds. The monoisotopic (exact) mass is 539 g/mol. The first-order chi connectivity index (χ1) is 18.6. The fourth-order valence-corrected chi connectivity index (χ4v) is 4.14. The number of urea groups is 1. The minimum Gasteiger partial charge on any atom is -0.379 e. The molecule has 3 N–H and O–H groups in total. The Hall–Kier alpha value is -4.22. The van der Waals surface area contributed by atoms with Crippen LogP contribution in [-0.2, 0) is 22.3 Å². The van der Waals surface area contributed by atoms with Crippen molar-refractivity contribution in [1.29, 1.82) is 0 Å². The molecule has 8 nitrogen and oxygen atoms in total. The molecule has 0 spiro atoms. The highest BCUT2D eigenvalue weighted by molar-refractivity contribution is 6.00. The molecule has 3 aromatic rings. The summed E-state index contributed by atoms with van der Waals surface area (Å²) < 4.78 is 46.6. The lowest BCUT2D eigenvalue weighted by Crippen LogP contribution is -2.36. The van der Waals surface area contributed by atoms with E-state index >= 15 is 0 Å². The number of aromatic nitrogens is 1. The number of nitrogens with one attached hydrogen (secondary N) is 3. The molecule has 39 heavy (non-hydrogen) atoms. The maximum absolute atomic E-state index is 13.8. The number of carbonyl (C=O) groups excluding carboxylic acids is 2. The molecule has 1 aliphatic heterocycles. The van der Waals surface area contributed by atoms with Gasteiger partial charge in [-0.15, -0.1) is 0 Å². The van der Waals surface area contributed by atoms with E-state index in [2.05, 4.69) is 27.5 Å². The number of morpholine rings is 1. The van der Waals surface area contributed by atoms with Crippen molar-refractivity contribution >= 4 is 29.1 Å². The van der Waals surface area contributed by atoms with Crippen LogP contribution in [0.15, 0.2) is 67.4 Å². The Morgan fingerprint density at radius 1 is 1.03 bits per heavy atom. The van der Waals surface area contributed by atoms with Gasteiger partial charge in [0.2, 0.25) is 5.91 Å². The summed E-state index contributed by atoms with van der Waals surface area (Å²) in [5, 5.41) is 7.76. The average molecular weight is 540 g/mol. The topological polar surface area (TPSA) is 95.6 Å². The number of rotatable bonds is 7. The molecular weight excluding hydrogens is 511 g/mol. The van der Waals surface area contributed by atoms with E-state index in [1.807, 2.05) is 11.0 Å². The zero-order valence-corrected chi connectivity index (χ0v) is 21.3. The molecule has 0 aliphatic carbocycles. The molecule has 4 rings (SSSR count). The normalized spacial score (nSPS) is 13.9. The van der Waals surface area contributed by atoms with Gasteiger partial charge in [0.25, 0.3) is 0 Å². The van der Waals surface area contributed by atoms with Crippen LogP contribution in [0.1, 0.15) is 16.7 Å². The molecule has 0 radical (unpaired) electrons. The van der Waals surface area contributed by atoms with Crippen molar-refractivity contribution in [3.05, 3.63) is 84.1 Å². The second kappa shape index (κ2) is 12.1. The summed E-state index contributed by atoms with van der Waals surface area (Å²) in [4.78, 5) is 30.1. The quantitative estimate of drug-likeness (QED) is 0.336. The summed E-state index contributed by atoms with van der Waals surface area (Å²) in [7, 11) is 0. The fraction of sp³-hybridized carbons (Fsp3) is 0.250. The zero-order chi connectivity index (χ0) is 28.0. The number of carbonyl (C=O) groups is 2. The third kappa shape index (κ3) is 7.43. The number of alkyl halides is 3. The lowest BCUT2D eigenvalue weighted by atomic mass is 10.0. The van der Waals surface area contributed by atoms with Crippen LogP contribution in [0.2, 0.25) is 0 Å². The third-order valence-electron chi connectivity index (χ3n) is 6.18. The number of pyridine rings is 1. The SMILES string of the molecule is C=CC(=O)Nc1ccc(-c2ccc(NC(=O)Nc3ccc(CN4CCOCC4)c(C(F)(F)F)c3)c(C)c2)cn1. The molecule has 2 aromatic carbocycles. The minimum absolute atomic E-state index is 0.0366. The number of amides is 3. The van der Waals surface area contributed by atoms with Gasteiger partial charge in [0.05, 0.1) is 18.8 Å². The summed E-state index contributed by atoms with van der Waals surface area (Å²) in [6.07, 6.45) is -1.81. The van der Waals surface area contributed by atoms with Crippen molar-refractivity contribution in [3.8, 4) is 11.1 Å². The van der Waals surface area contributed by atoms with Crippen molar-refractivity contribution in [3.63, 3.8) is 0 Å². The van der Waals surface area contributed by atoms with Gasteiger partial charge in [0, 0.05) is 42.8 Å². The zero-order valence-electron chi connectivity index (χ0n) is 21.3. The molecule has 0 atom stereocenters. The van der Waals surface area contributed by atoms with Crippen molar-refractivity contribution < 1.29 is 27.5 Å². The number of anilines is 3. The van der Waals surface area contributed by atoms with E-state index in [4.69, 9.17) is 4.74 Å². The first kappa shape index (κ1) is 27.8. The van der Waals surface area contributed by atoms with E-state index in [0.717, 1.165) is 28.8 Å². The first-order valence-electron chi connectivity index (χ1n) is 12.2. The van der Waals surface area contributed by atoms with Gasteiger partial charge in [-0.3, -0.25) is 9.69 Å². The molecule has 204 valence electrons. The third-order valence-corrected chi connectivity index (χ3v) is 6.18. The minimum atomic E-state index is -4.56. The number of aryl methyl sites for hydroxylation is 1. The van der Waals surface area contributed by atoms with Gasteiger partial charge in [-0.25, -0.2) is 9.78 Å². The van der Waals surface area contributed by atoms with Crippen molar-refractivity contribution in [2.75, 3.05) is 42.3 Å². The van der Waals surface area contributed by atoms with Crippen molar-refractivity contribution in [1.82, 2.24) is 9.88 Å². The number of benzene rings is 2. The van der Waals surface area contributed by atoms with Crippen LogP contribution in [-0.4, -0.2) is 48.1 Å². The molecule has 1 aliphatic rings. The Bertz CT molecular complexity index is 1350. The Morgan fingerprint density at radius 2 is 1.77 bits per heavy atom. The van der Waals surface area contributed by atoms with Gasteiger partial charge in [0.15, 0.2) is 0 Å². The number of ether oxygens (including phenoxy) is 1. The maximum atomic E-state index is 13.8. The predicted molar refractivity (Wildman–Crippen MR) is 143 cm³/mol. The van der Waals surface area contributed by atoms with Crippen LogP contribution in [0, 0.1) is 6.92 Å². The van der Waals surface area contributed by atoms with Crippen LogP contribution in [0.3, 0.4) is 0 Å². The van der Waals surface area contributed by atoms with Gasteiger partial charge < -0.3 is 20.7 Å². The van der Waals surface area contributed by atoms with Crippen LogP contribution in [0.4, 0.5) is 35.2 Å². The fourth-order valence-electron chi connectivity index (χ4n) is 4.14. The second-order valence-corrected chi connectivity index (χ2v) is 8.99. The lowest BCUT2D eigenvalue weighted by molar-refractivity contribution is -0.138. The van der Waals surface area contributed by atoms with Gasteiger partial charge >= 0.3 is 12.2 Å². The molecule has 1 saturated heterocycles. The second-order valence-electron chi connectivity index (χ2n) is 8.99. The Morgan fingerprint density at radius 3 is 2.41 bits per heavy atom. The van der Waals surface area contributed by atoms with Crippen LogP contribution >= 0.6 is 0 Å². The molecule has 0 unspecified atom stereocenters. The van der Waals surface area contributed by atoms with Crippen LogP contribution < -0.4 is 16.0 Å². The summed E-state index contributed by atoms with van der Waals surface area (Å²) in [6.45, 7) is 7.44. The van der Waals surface area contributed by atoms with E-state index in [1.54, 1.807) is 37.4 Å². The maximum Gasteiger partial charge on any atom is 0.416 e. The van der Waals surface area contributed by atoms with Crippen molar-refractivity contribution in [2.24, 2.45) is 0 Å². The predicted octanol–water partition coefficient (Wildman–Crippen LogP) is 5.68. The number of hydrogen-bond donors (Lipinski definition) is 3. The number of halogens is 3. The largest absolute Gasteiger partial charge is 0.416 e. The molecular formula is C28H28F3N5O3. The first-order valence-corrected chi connectivity index (χ1v) is 12.2. The van der Waals surface area contributed by atoms with E-state index in [1.165, 1.54) is 12.1 Å². The van der Waals surface area contributed by atoms with E-state index in [9.17, 15) is 22.8 Å². The van der Waals surface area contributed by atoms with Gasteiger partial charge in [0.1, 0.15) is 5.82 Å². The van der Waals surface area contributed by atoms with E-state index < -0.39 is 17.8 Å². The summed E-state index contributed by atoms with van der Waals surface area (Å²) in [6, 6.07) is 11.9. The highest BCUT2D eigenvalue weighted by atomic mass is 19.4. The molecule has 1 fully saturated rings. The number of hydrogen-bond acceptors (Lipinski definition) is 5. The summed E-state index contributed by atoms with van der Waals surface area (Å²) >= 11 is 0. The average Bonchev–Trinajstić information content (AvgIpc) is 2.91. The van der Waals surface area contributed by atoms with Gasteiger partial charge in [-0.2, -0.15) is 13.2 Å². The van der Waals surface area contributed by atoms with E-state index in [0.29, 0.717) is 37.8 Å². The smallest absolute Gasteiger partial charge is 0.379 e. The Kier molecular flexibility index (Phi) is 8.62. The lowest BCUT2D eigenvalue weighted by Gasteiger charge is -2.27. The molecule has 0 saturated carbocycles. The van der Waals surface area contributed by atoms with Crippen LogP contribution in [0.25, 0.3) is 11.1 Å². The van der Waals surface area contributed by atoms with Gasteiger partial charge in [-0.1, -0.05) is 18.7 Å². The Labute approximate surface area is 223 Å². The van der Waals surface area contributed by atoms with E-state index in [-0.39, 0.29) is 23.7 Å². The van der Waals surface area contributed by atoms with Crippen LogP contribution in [0.5, 0.6) is 0 Å². The van der Waals surface area contributed by atoms with Gasteiger partial charge in [-0.05, 0) is 66.1 Å². The number of nitrogens with zero attached hydrogens (tertiary/aromatic N) is 2. The molecule has 11 heteroatoms. The standard InChI is InChI=1S/C28H28F3N5O3/c1-3-26(37)35-25-9-6-20(16-32-25)19-5-8-24(18(2)14-19)34-27(38)33-22-7-4-21(23(15-22)28(29,30)31)17-36-10-12-39-13-11-36/h3-9,14-16H,1,10-13,17H2,2H3,(H,32,35,37)(H2,33,34,38).